The Bertz CT molecular complexity index is 413. The fourth-order valence-electron chi connectivity index (χ4n) is 6.20. The molecule has 5 atom stereocenters. The first-order chi connectivity index (χ1) is 10.2. The number of carbonyl (C=O) groups excluding carboxylic acids is 1. The Morgan fingerprint density at radius 1 is 1.05 bits per heavy atom. The van der Waals surface area contributed by atoms with Crippen molar-refractivity contribution in [2.24, 2.45) is 28.9 Å². The van der Waals surface area contributed by atoms with E-state index < -0.39 is 0 Å². The van der Waals surface area contributed by atoms with Crippen LogP contribution < -0.4 is 5.73 Å². The molecule has 2 bridgehead atoms. The van der Waals surface area contributed by atoms with Crippen LogP contribution in [-0.2, 0) is 4.79 Å². The molecule has 4 aliphatic rings. The van der Waals surface area contributed by atoms with Gasteiger partial charge in [0, 0.05) is 25.0 Å². The maximum absolute atomic E-state index is 12.9. The first-order valence-corrected chi connectivity index (χ1v) is 9.25. The minimum Gasteiger partial charge on any atom is -0.342 e. The van der Waals surface area contributed by atoms with E-state index in [4.69, 9.17) is 5.73 Å². The lowest BCUT2D eigenvalue weighted by atomic mass is 9.59. The molecule has 3 aliphatic carbocycles. The number of fused-ring (bicyclic) bond motifs is 3. The van der Waals surface area contributed by atoms with E-state index in [2.05, 4.69) is 4.90 Å². The predicted octanol–water partition coefficient (Wildman–Crippen LogP) is 2.93. The van der Waals surface area contributed by atoms with Gasteiger partial charge in [0.2, 0.25) is 5.91 Å². The van der Waals surface area contributed by atoms with Crippen molar-refractivity contribution >= 4 is 5.91 Å². The van der Waals surface area contributed by atoms with Crippen molar-refractivity contribution < 1.29 is 4.79 Å². The number of nitrogens with two attached hydrogens (primary N) is 1. The third-order valence-electron chi connectivity index (χ3n) is 7.30. The second kappa shape index (κ2) is 5.26. The molecule has 0 radical (unpaired) electrons. The summed E-state index contributed by atoms with van der Waals surface area (Å²) in [6, 6.07) is 0.383. The van der Waals surface area contributed by atoms with Gasteiger partial charge in [-0.25, -0.2) is 0 Å². The number of hydrogen-bond acceptors (Lipinski definition) is 2. The summed E-state index contributed by atoms with van der Waals surface area (Å²) in [6.45, 7) is 2.00. The molecule has 3 unspecified atom stereocenters. The summed E-state index contributed by atoms with van der Waals surface area (Å²) in [7, 11) is 0. The second-order valence-corrected chi connectivity index (χ2v) is 8.21. The molecule has 0 aromatic carbocycles. The van der Waals surface area contributed by atoms with Crippen LogP contribution in [-0.4, -0.2) is 29.9 Å². The Kier molecular flexibility index (Phi) is 3.52. The van der Waals surface area contributed by atoms with Crippen LogP contribution >= 0.6 is 0 Å². The van der Waals surface area contributed by atoms with Crippen LogP contribution in [0.1, 0.15) is 64.2 Å². The van der Waals surface area contributed by atoms with E-state index in [9.17, 15) is 4.79 Å². The number of likely N-dealkylation sites (tertiary alicyclic amines) is 1. The lowest BCUT2D eigenvalue weighted by Crippen LogP contribution is -2.51. The van der Waals surface area contributed by atoms with Crippen molar-refractivity contribution in [1.82, 2.24) is 4.90 Å². The van der Waals surface area contributed by atoms with Crippen LogP contribution in [0.15, 0.2) is 0 Å². The van der Waals surface area contributed by atoms with Crippen molar-refractivity contribution in [3.63, 3.8) is 0 Å². The monoisotopic (exact) mass is 290 g/mol. The van der Waals surface area contributed by atoms with Gasteiger partial charge in [-0.3, -0.25) is 4.79 Å². The van der Waals surface area contributed by atoms with Gasteiger partial charge < -0.3 is 10.6 Å². The topological polar surface area (TPSA) is 46.3 Å². The van der Waals surface area contributed by atoms with Gasteiger partial charge in [0.15, 0.2) is 0 Å². The minimum absolute atomic E-state index is 0.280. The van der Waals surface area contributed by atoms with Crippen molar-refractivity contribution in [2.45, 2.75) is 70.3 Å². The highest BCUT2D eigenvalue weighted by molar-refractivity contribution is 5.79. The number of amides is 1. The molecule has 4 rings (SSSR count). The van der Waals surface area contributed by atoms with Gasteiger partial charge in [0.1, 0.15) is 0 Å². The smallest absolute Gasteiger partial charge is 0.225 e. The molecule has 2 N–H and O–H groups in total. The summed E-state index contributed by atoms with van der Waals surface area (Å²) in [5.41, 5.74) is 6.98. The zero-order valence-corrected chi connectivity index (χ0v) is 13.2. The van der Waals surface area contributed by atoms with E-state index in [-0.39, 0.29) is 5.92 Å². The second-order valence-electron chi connectivity index (χ2n) is 8.21. The van der Waals surface area contributed by atoms with E-state index in [1.54, 1.807) is 0 Å². The Labute approximate surface area is 128 Å². The number of nitrogens with zero attached hydrogens (tertiary/aromatic N) is 1. The third-order valence-corrected chi connectivity index (χ3v) is 7.30. The average molecular weight is 290 g/mol. The molecule has 21 heavy (non-hydrogen) atoms. The molecule has 3 heteroatoms. The summed E-state index contributed by atoms with van der Waals surface area (Å²) >= 11 is 0. The van der Waals surface area contributed by atoms with Crippen LogP contribution in [0.5, 0.6) is 0 Å². The highest BCUT2D eigenvalue weighted by atomic mass is 16.2. The summed E-state index contributed by atoms with van der Waals surface area (Å²) in [6.07, 6.45) is 12.5. The van der Waals surface area contributed by atoms with Gasteiger partial charge in [-0.1, -0.05) is 6.42 Å². The van der Waals surface area contributed by atoms with E-state index in [0.29, 0.717) is 17.4 Å². The summed E-state index contributed by atoms with van der Waals surface area (Å²) < 4.78 is 0. The molecule has 3 nitrogen and oxygen atoms in total. The number of hydrogen-bond donors (Lipinski definition) is 1. The third kappa shape index (κ3) is 2.15. The number of piperidine rings is 1. The predicted molar refractivity (Wildman–Crippen MR) is 83.6 cm³/mol. The molecule has 0 aromatic rings. The van der Waals surface area contributed by atoms with E-state index >= 15 is 0 Å². The molecule has 1 spiro atoms. The Balaban J connectivity index is 1.49. The summed E-state index contributed by atoms with van der Waals surface area (Å²) in [5, 5.41) is 0. The lowest BCUT2D eigenvalue weighted by Gasteiger charge is -2.48. The summed E-state index contributed by atoms with van der Waals surface area (Å²) in [4.78, 5) is 15.0. The normalized spacial score (nSPS) is 46.2. The SMILES string of the molecule is N[C@@H]1C2CC[C@@H](C2)C12CCCC(C(=O)N1CCCCC1)C2. The molecule has 3 saturated carbocycles. The molecule has 1 heterocycles. The molecular weight excluding hydrogens is 260 g/mol. The molecule has 0 aromatic heterocycles. The first kappa shape index (κ1) is 14.0. The quantitative estimate of drug-likeness (QED) is 0.807. The van der Waals surface area contributed by atoms with Gasteiger partial charge >= 0.3 is 0 Å². The fourth-order valence-corrected chi connectivity index (χ4v) is 6.20. The number of rotatable bonds is 1. The van der Waals surface area contributed by atoms with Crippen molar-refractivity contribution in [1.29, 1.82) is 0 Å². The van der Waals surface area contributed by atoms with E-state index in [1.807, 2.05) is 0 Å². The van der Waals surface area contributed by atoms with E-state index in [0.717, 1.165) is 37.8 Å². The molecule has 1 aliphatic heterocycles. The lowest BCUT2D eigenvalue weighted by molar-refractivity contribution is -0.140. The maximum atomic E-state index is 12.9. The zero-order valence-electron chi connectivity index (χ0n) is 13.2. The summed E-state index contributed by atoms with van der Waals surface area (Å²) in [5.74, 6) is 2.33. The number of carbonyl (C=O) groups is 1. The van der Waals surface area contributed by atoms with Gasteiger partial charge in [0.05, 0.1) is 0 Å². The molecule has 118 valence electrons. The van der Waals surface area contributed by atoms with Crippen LogP contribution in [0.25, 0.3) is 0 Å². The Hall–Kier alpha value is -0.570. The van der Waals surface area contributed by atoms with Crippen LogP contribution in [0.3, 0.4) is 0 Å². The molecule has 4 fully saturated rings. The highest BCUT2D eigenvalue weighted by Crippen LogP contribution is 2.61. The van der Waals surface area contributed by atoms with Gasteiger partial charge in [0.25, 0.3) is 0 Å². The van der Waals surface area contributed by atoms with Crippen LogP contribution in [0, 0.1) is 23.2 Å². The van der Waals surface area contributed by atoms with Gasteiger partial charge in [-0.2, -0.15) is 0 Å². The minimum atomic E-state index is 0.280. The van der Waals surface area contributed by atoms with Crippen molar-refractivity contribution in [3.05, 3.63) is 0 Å². The average Bonchev–Trinajstić information content (AvgIpc) is 3.11. The van der Waals surface area contributed by atoms with Crippen molar-refractivity contribution in [2.75, 3.05) is 13.1 Å². The van der Waals surface area contributed by atoms with Gasteiger partial charge in [-0.05, 0) is 75.0 Å². The zero-order chi connectivity index (χ0) is 14.4. The van der Waals surface area contributed by atoms with Crippen LogP contribution in [0.2, 0.25) is 0 Å². The fraction of sp³-hybridized carbons (Fsp3) is 0.944. The Morgan fingerprint density at radius 2 is 1.86 bits per heavy atom. The molecule has 1 amide bonds. The van der Waals surface area contributed by atoms with E-state index in [1.165, 1.54) is 51.4 Å². The van der Waals surface area contributed by atoms with Crippen molar-refractivity contribution in [3.8, 4) is 0 Å². The van der Waals surface area contributed by atoms with Crippen LogP contribution in [0.4, 0.5) is 0 Å². The Morgan fingerprint density at radius 3 is 2.57 bits per heavy atom. The standard InChI is InChI=1S/C18H30N2O/c19-16-13-6-7-15(11-13)18(16)8-4-5-14(12-18)17(21)20-9-2-1-3-10-20/h13-16H,1-12,19H2/t13?,14?,15-,16+,18?/m0/s1. The maximum Gasteiger partial charge on any atom is 0.225 e. The largest absolute Gasteiger partial charge is 0.342 e. The van der Waals surface area contributed by atoms with Gasteiger partial charge in [-0.15, -0.1) is 0 Å². The highest BCUT2D eigenvalue weighted by Gasteiger charge is 2.58. The molecular formula is C18H30N2O. The molecule has 1 saturated heterocycles. The first-order valence-electron chi connectivity index (χ1n) is 9.25.